The Bertz CT molecular complexity index is 860. The molecule has 2 aromatic heterocycles. The smallest absolute Gasteiger partial charge is 0.226 e. The molecule has 136 valence electrons. The highest BCUT2D eigenvalue weighted by atomic mass is 32.1. The van der Waals surface area contributed by atoms with Crippen LogP contribution in [-0.2, 0) is 11.2 Å². The summed E-state index contributed by atoms with van der Waals surface area (Å²) in [5.41, 5.74) is 1.93. The van der Waals surface area contributed by atoms with Crippen LogP contribution in [0, 0.1) is 0 Å². The molecule has 0 aliphatic heterocycles. The Morgan fingerprint density at radius 3 is 2.85 bits per heavy atom. The van der Waals surface area contributed by atoms with Gasteiger partial charge in [-0.1, -0.05) is 12.1 Å². The van der Waals surface area contributed by atoms with E-state index in [0.29, 0.717) is 36.1 Å². The minimum atomic E-state index is -0.0510. The number of nitrogens with one attached hydrogen (secondary N) is 1. The van der Waals surface area contributed by atoms with Crippen molar-refractivity contribution in [3.05, 3.63) is 46.7 Å². The van der Waals surface area contributed by atoms with E-state index in [-0.39, 0.29) is 5.91 Å². The van der Waals surface area contributed by atoms with Gasteiger partial charge >= 0.3 is 0 Å². The molecule has 1 N–H and O–H groups in total. The number of carbonyl (C=O) groups excluding carboxylic acids is 1. The second kappa shape index (κ2) is 8.82. The second-order valence-electron chi connectivity index (χ2n) is 5.48. The van der Waals surface area contributed by atoms with Crippen molar-refractivity contribution < 1.29 is 14.3 Å². The number of hydrogen-bond donors (Lipinski definition) is 1. The quantitative estimate of drug-likeness (QED) is 0.599. The van der Waals surface area contributed by atoms with Crippen molar-refractivity contribution in [3.8, 4) is 22.1 Å². The average Bonchev–Trinajstić information content (AvgIpc) is 3.32. The predicted octanol–water partition coefficient (Wildman–Crippen LogP) is 4.85. The number of methoxy groups -OCH3 is 1. The van der Waals surface area contributed by atoms with E-state index in [9.17, 15) is 4.79 Å². The minimum absolute atomic E-state index is 0.0510. The summed E-state index contributed by atoms with van der Waals surface area (Å²) in [6.45, 7) is 2.51. The molecular weight excluding hydrogens is 368 g/mol. The van der Waals surface area contributed by atoms with Crippen LogP contribution in [0.4, 0.5) is 5.13 Å². The van der Waals surface area contributed by atoms with Crippen molar-refractivity contribution in [1.29, 1.82) is 0 Å². The molecule has 3 rings (SSSR count). The number of amides is 1. The molecule has 0 aliphatic rings. The number of thiazole rings is 1. The Kier molecular flexibility index (Phi) is 6.25. The zero-order chi connectivity index (χ0) is 18.4. The number of aromatic nitrogens is 1. The van der Waals surface area contributed by atoms with Crippen LogP contribution in [0.2, 0.25) is 0 Å². The Labute approximate surface area is 160 Å². The van der Waals surface area contributed by atoms with Gasteiger partial charge < -0.3 is 14.8 Å². The molecule has 2 heterocycles. The predicted molar refractivity (Wildman–Crippen MR) is 107 cm³/mol. The van der Waals surface area contributed by atoms with Gasteiger partial charge in [-0.2, -0.15) is 0 Å². The Morgan fingerprint density at radius 2 is 2.12 bits per heavy atom. The maximum Gasteiger partial charge on any atom is 0.226 e. The van der Waals surface area contributed by atoms with Gasteiger partial charge in [0, 0.05) is 11.8 Å². The molecule has 5 nitrogen and oxygen atoms in total. The summed E-state index contributed by atoms with van der Waals surface area (Å²) in [7, 11) is 1.61. The van der Waals surface area contributed by atoms with Crippen molar-refractivity contribution in [2.45, 2.75) is 19.8 Å². The maximum atomic E-state index is 12.2. The molecule has 0 aliphatic carbocycles. The molecule has 0 fully saturated rings. The second-order valence-corrected chi connectivity index (χ2v) is 7.29. The zero-order valence-electron chi connectivity index (χ0n) is 14.7. The summed E-state index contributed by atoms with van der Waals surface area (Å²) >= 11 is 3.07. The number of hydrogen-bond acceptors (Lipinski definition) is 6. The largest absolute Gasteiger partial charge is 0.493 e. The Morgan fingerprint density at radius 1 is 1.23 bits per heavy atom. The number of rotatable bonds is 8. The molecule has 0 saturated heterocycles. The van der Waals surface area contributed by atoms with Crippen LogP contribution in [0.15, 0.2) is 41.1 Å². The van der Waals surface area contributed by atoms with Crippen LogP contribution in [0.1, 0.15) is 18.9 Å². The molecule has 0 spiro atoms. The average molecular weight is 389 g/mol. The molecule has 1 amide bonds. The van der Waals surface area contributed by atoms with Crippen molar-refractivity contribution in [2.24, 2.45) is 0 Å². The van der Waals surface area contributed by atoms with E-state index in [1.807, 2.05) is 48.0 Å². The van der Waals surface area contributed by atoms with Crippen LogP contribution in [0.25, 0.3) is 10.6 Å². The van der Waals surface area contributed by atoms with E-state index in [1.54, 1.807) is 18.4 Å². The minimum Gasteiger partial charge on any atom is -0.493 e. The third-order valence-electron chi connectivity index (χ3n) is 3.69. The molecule has 3 aromatic rings. The normalized spacial score (nSPS) is 10.5. The van der Waals surface area contributed by atoms with E-state index in [1.165, 1.54) is 11.3 Å². The summed E-state index contributed by atoms with van der Waals surface area (Å²) in [5.74, 6) is 1.35. The highest BCUT2D eigenvalue weighted by Crippen LogP contribution is 2.29. The first-order chi connectivity index (χ1) is 12.7. The SMILES string of the molecule is CCOc1ccc(CCC(=O)Nc2nc(-c3cccs3)cs2)cc1OC. The molecule has 0 atom stereocenters. The fourth-order valence-electron chi connectivity index (χ4n) is 2.45. The first-order valence-corrected chi connectivity index (χ1v) is 10.0. The van der Waals surface area contributed by atoms with Gasteiger partial charge in [0.05, 0.1) is 24.3 Å². The number of thiophene rings is 1. The zero-order valence-corrected chi connectivity index (χ0v) is 16.3. The standard InChI is InChI=1S/C19H20N2O3S2/c1-3-24-15-8-6-13(11-16(15)23-2)7-9-18(22)21-19-20-14(12-26-19)17-5-4-10-25-17/h4-6,8,10-12H,3,7,9H2,1-2H3,(H,20,21,22). The van der Waals surface area contributed by atoms with Crippen molar-refractivity contribution in [2.75, 3.05) is 19.0 Å². The lowest BCUT2D eigenvalue weighted by atomic mass is 10.1. The van der Waals surface area contributed by atoms with Crippen molar-refractivity contribution >= 4 is 33.7 Å². The summed E-state index contributed by atoms with van der Waals surface area (Å²) in [5, 5.41) is 7.47. The van der Waals surface area contributed by atoms with Crippen LogP contribution >= 0.6 is 22.7 Å². The fraction of sp³-hybridized carbons (Fsp3) is 0.263. The van der Waals surface area contributed by atoms with Gasteiger partial charge in [0.15, 0.2) is 16.6 Å². The molecule has 26 heavy (non-hydrogen) atoms. The number of benzene rings is 1. The van der Waals surface area contributed by atoms with E-state index in [4.69, 9.17) is 9.47 Å². The van der Waals surface area contributed by atoms with Crippen LogP contribution in [0.5, 0.6) is 11.5 Å². The molecular formula is C19H20N2O3S2. The van der Waals surface area contributed by atoms with Gasteiger partial charge in [0.2, 0.25) is 5.91 Å². The summed E-state index contributed by atoms with van der Waals surface area (Å²) < 4.78 is 10.9. The Balaban J connectivity index is 1.56. The van der Waals surface area contributed by atoms with Crippen molar-refractivity contribution in [1.82, 2.24) is 4.98 Å². The van der Waals surface area contributed by atoms with Gasteiger partial charge in [-0.25, -0.2) is 4.98 Å². The number of aryl methyl sites for hydroxylation is 1. The first-order valence-electron chi connectivity index (χ1n) is 8.28. The third kappa shape index (κ3) is 4.62. The van der Waals surface area contributed by atoms with Gasteiger partial charge in [-0.3, -0.25) is 4.79 Å². The van der Waals surface area contributed by atoms with Crippen molar-refractivity contribution in [3.63, 3.8) is 0 Å². The third-order valence-corrected chi connectivity index (χ3v) is 5.34. The van der Waals surface area contributed by atoms with Crippen LogP contribution in [-0.4, -0.2) is 24.6 Å². The molecule has 0 saturated carbocycles. The summed E-state index contributed by atoms with van der Waals surface area (Å²) in [6.07, 6.45) is 1.00. The fourth-order valence-corrected chi connectivity index (χ4v) is 3.94. The highest BCUT2D eigenvalue weighted by Gasteiger charge is 2.10. The number of ether oxygens (including phenoxy) is 2. The van der Waals surface area contributed by atoms with E-state index >= 15 is 0 Å². The van der Waals surface area contributed by atoms with Crippen LogP contribution in [0.3, 0.4) is 0 Å². The summed E-state index contributed by atoms with van der Waals surface area (Å²) in [4.78, 5) is 17.8. The first kappa shape index (κ1) is 18.4. The number of carbonyl (C=O) groups is 1. The highest BCUT2D eigenvalue weighted by molar-refractivity contribution is 7.16. The topological polar surface area (TPSA) is 60.5 Å². The maximum absolute atomic E-state index is 12.2. The monoisotopic (exact) mass is 388 g/mol. The number of nitrogens with zero attached hydrogens (tertiary/aromatic N) is 1. The molecule has 7 heteroatoms. The van der Waals surface area contributed by atoms with Crippen LogP contribution < -0.4 is 14.8 Å². The molecule has 0 bridgehead atoms. The lowest BCUT2D eigenvalue weighted by Gasteiger charge is -2.10. The van der Waals surface area contributed by atoms with Gasteiger partial charge in [0.25, 0.3) is 0 Å². The van der Waals surface area contributed by atoms with Gasteiger partial charge in [-0.05, 0) is 42.5 Å². The van der Waals surface area contributed by atoms with E-state index in [2.05, 4.69) is 10.3 Å². The Hall–Kier alpha value is -2.38. The summed E-state index contributed by atoms with van der Waals surface area (Å²) in [6, 6.07) is 9.76. The van der Waals surface area contributed by atoms with Gasteiger partial charge in [0.1, 0.15) is 0 Å². The lowest BCUT2D eigenvalue weighted by molar-refractivity contribution is -0.116. The van der Waals surface area contributed by atoms with Gasteiger partial charge in [-0.15, -0.1) is 22.7 Å². The molecule has 1 aromatic carbocycles. The molecule has 0 unspecified atom stereocenters. The lowest BCUT2D eigenvalue weighted by Crippen LogP contribution is -2.12. The van der Waals surface area contributed by atoms with E-state index in [0.717, 1.165) is 16.1 Å². The van der Waals surface area contributed by atoms with E-state index < -0.39 is 0 Å². The molecule has 0 radical (unpaired) electrons. The number of anilines is 1.